The minimum atomic E-state index is -0.269. The highest BCUT2D eigenvalue weighted by atomic mass is 127. The molecule has 0 saturated carbocycles. The topological polar surface area (TPSA) is 0 Å². The smallest absolute Gasteiger partial charge is 0.0619 e. The average Bonchev–Trinajstić information content (AvgIpc) is 3.31. The molecule has 0 aromatic heterocycles. The molecule has 0 heterocycles. The zero-order valence-electron chi connectivity index (χ0n) is 17.3. The normalized spacial score (nSPS) is 14.0. The Morgan fingerprint density at radius 2 is 0.844 bits per heavy atom. The summed E-state index contributed by atoms with van der Waals surface area (Å²) in [7, 11) is 0. The van der Waals surface area contributed by atoms with Gasteiger partial charge in [0.05, 0.1) is 5.41 Å². The molecule has 0 radical (unpaired) electrons. The maximum absolute atomic E-state index is 2.45. The Kier molecular flexibility index (Phi) is 3.83. The maximum Gasteiger partial charge on any atom is 0.0725 e. The van der Waals surface area contributed by atoms with Crippen LogP contribution in [0.5, 0.6) is 0 Å². The van der Waals surface area contributed by atoms with Crippen molar-refractivity contribution >= 4 is 22.6 Å². The molecular weight excluding hydrogens is 499 g/mol. The first kappa shape index (κ1) is 18.4. The Morgan fingerprint density at radius 1 is 0.406 bits per heavy atom. The Hall–Kier alpha value is -3.17. The lowest BCUT2D eigenvalue weighted by Crippen LogP contribution is -2.25. The lowest BCUT2D eigenvalue weighted by atomic mass is 9.70. The van der Waals surface area contributed by atoms with Crippen LogP contribution in [0, 0.1) is 3.57 Å². The molecule has 0 nitrogen and oxygen atoms in total. The van der Waals surface area contributed by atoms with Crippen molar-refractivity contribution in [3.63, 3.8) is 0 Å². The molecule has 32 heavy (non-hydrogen) atoms. The Bertz CT molecular complexity index is 1480. The van der Waals surface area contributed by atoms with E-state index in [2.05, 4.69) is 138 Å². The van der Waals surface area contributed by atoms with Gasteiger partial charge in [0, 0.05) is 3.57 Å². The molecule has 0 N–H and O–H groups in total. The molecule has 1 spiro atoms. The summed E-state index contributed by atoms with van der Waals surface area (Å²) in [4.78, 5) is 0. The van der Waals surface area contributed by atoms with E-state index in [1.54, 1.807) is 0 Å². The highest BCUT2D eigenvalue weighted by molar-refractivity contribution is 14.1. The van der Waals surface area contributed by atoms with Crippen LogP contribution in [-0.2, 0) is 5.41 Å². The number of fused-ring (bicyclic) bond motifs is 10. The van der Waals surface area contributed by atoms with Gasteiger partial charge >= 0.3 is 0 Å². The molecule has 5 aromatic carbocycles. The van der Waals surface area contributed by atoms with Crippen LogP contribution in [0.15, 0.2) is 115 Å². The van der Waals surface area contributed by atoms with Crippen molar-refractivity contribution in [1.82, 2.24) is 0 Å². The lowest BCUT2D eigenvalue weighted by Gasteiger charge is -2.30. The van der Waals surface area contributed by atoms with E-state index in [1.165, 1.54) is 59.2 Å². The van der Waals surface area contributed by atoms with E-state index in [-0.39, 0.29) is 5.41 Å². The average molecular weight is 518 g/mol. The van der Waals surface area contributed by atoms with Crippen LogP contribution in [-0.4, -0.2) is 0 Å². The maximum atomic E-state index is 2.45. The third-order valence-corrected chi connectivity index (χ3v) is 8.12. The predicted octanol–water partition coefficient (Wildman–Crippen LogP) is 8.30. The molecular formula is C31H19I. The van der Waals surface area contributed by atoms with Crippen LogP contribution in [0.25, 0.3) is 33.4 Å². The first-order valence-corrected chi connectivity index (χ1v) is 12.1. The number of benzene rings is 5. The van der Waals surface area contributed by atoms with Crippen LogP contribution in [0.1, 0.15) is 22.3 Å². The van der Waals surface area contributed by atoms with E-state index in [0.29, 0.717) is 0 Å². The third-order valence-electron chi connectivity index (χ3n) is 7.18. The van der Waals surface area contributed by atoms with E-state index >= 15 is 0 Å². The molecule has 0 atom stereocenters. The van der Waals surface area contributed by atoms with Gasteiger partial charge in [0.25, 0.3) is 0 Å². The van der Waals surface area contributed by atoms with Gasteiger partial charge in [0.1, 0.15) is 0 Å². The summed E-state index contributed by atoms with van der Waals surface area (Å²) < 4.78 is 1.28. The molecule has 0 aliphatic heterocycles. The van der Waals surface area contributed by atoms with Gasteiger partial charge < -0.3 is 0 Å². The van der Waals surface area contributed by atoms with Crippen molar-refractivity contribution in [2.45, 2.75) is 5.41 Å². The largest absolute Gasteiger partial charge is 0.0725 e. The van der Waals surface area contributed by atoms with Crippen molar-refractivity contribution < 1.29 is 0 Å². The fraction of sp³-hybridized carbons (Fsp3) is 0.0323. The van der Waals surface area contributed by atoms with Gasteiger partial charge in [0.15, 0.2) is 0 Å². The van der Waals surface area contributed by atoms with Gasteiger partial charge in [-0.25, -0.2) is 0 Å². The van der Waals surface area contributed by atoms with Gasteiger partial charge in [0.2, 0.25) is 0 Å². The summed E-state index contributed by atoms with van der Waals surface area (Å²) in [5.74, 6) is 0. The molecule has 0 unspecified atom stereocenters. The highest BCUT2D eigenvalue weighted by Crippen LogP contribution is 2.62. The van der Waals surface area contributed by atoms with Gasteiger partial charge in [-0.2, -0.15) is 0 Å². The molecule has 2 aliphatic carbocycles. The van der Waals surface area contributed by atoms with Crippen LogP contribution in [0.3, 0.4) is 0 Å². The molecule has 1 heteroatoms. The Labute approximate surface area is 201 Å². The summed E-state index contributed by atoms with van der Waals surface area (Å²) in [5.41, 5.74) is 13.3. The highest BCUT2D eigenvalue weighted by Gasteiger charge is 2.51. The summed E-state index contributed by atoms with van der Waals surface area (Å²) in [6, 6.07) is 42.7. The molecule has 150 valence electrons. The van der Waals surface area contributed by atoms with Crippen LogP contribution >= 0.6 is 22.6 Å². The molecule has 5 aromatic rings. The fourth-order valence-corrected chi connectivity index (χ4v) is 6.66. The van der Waals surface area contributed by atoms with Crippen molar-refractivity contribution in [2.24, 2.45) is 0 Å². The SMILES string of the molecule is Ic1ccccc1-c1ccc2c(c1)C1(c3ccccc3-c3ccccc31)c1ccccc1-2. The minimum Gasteiger partial charge on any atom is -0.0619 e. The fourth-order valence-electron chi connectivity index (χ4n) is 5.96. The summed E-state index contributed by atoms with van der Waals surface area (Å²) in [6.07, 6.45) is 0. The number of halogens is 1. The number of hydrogen-bond donors (Lipinski definition) is 0. The van der Waals surface area contributed by atoms with Crippen LogP contribution in [0.4, 0.5) is 0 Å². The first-order chi connectivity index (χ1) is 15.8. The van der Waals surface area contributed by atoms with E-state index in [1.807, 2.05) is 0 Å². The second kappa shape index (κ2) is 6.66. The van der Waals surface area contributed by atoms with Crippen LogP contribution < -0.4 is 0 Å². The number of hydrogen-bond acceptors (Lipinski definition) is 0. The van der Waals surface area contributed by atoms with Gasteiger partial charge in [-0.3, -0.25) is 0 Å². The van der Waals surface area contributed by atoms with Crippen molar-refractivity contribution in [2.75, 3.05) is 0 Å². The van der Waals surface area contributed by atoms with Crippen molar-refractivity contribution in [3.8, 4) is 33.4 Å². The van der Waals surface area contributed by atoms with Gasteiger partial charge in [-0.1, -0.05) is 103 Å². The second-order valence-corrected chi connectivity index (χ2v) is 9.79. The Morgan fingerprint density at radius 3 is 1.38 bits per heavy atom. The van der Waals surface area contributed by atoms with Crippen LogP contribution in [0.2, 0.25) is 0 Å². The quantitative estimate of drug-likeness (QED) is 0.192. The van der Waals surface area contributed by atoms with E-state index in [0.717, 1.165) is 0 Å². The van der Waals surface area contributed by atoms with E-state index < -0.39 is 0 Å². The molecule has 2 aliphatic rings. The summed E-state index contributed by atoms with van der Waals surface area (Å²) >= 11 is 2.45. The van der Waals surface area contributed by atoms with Crippen molar-refractivity contribution in [3.05, 3.63) is 141 Å². The van der Waals surface area contributed by atoms with E-state index in [9.17, 15) is 0 Å². The standard InChI is InChI=1S/C31H19I/c32-30-16-8-4-9-21(30)20-17-18-25-24-12-3-7-15-28(24)31(29(25)19-20)26-13-5-1-10-22(26)23-11-2-6-14-27(23)31/h1-19H. The third kappa shape index (κ3) is 2.22. The van der Waals surface area contributed by atoms with Gasteiger partial charge in [-0.05, 0) is 90.4 Å². The molecule has 0 fully saturated rings. The van der Waals surface area contributed by atoms with E-state index in [4.69, 9.17) is 0 Å². The number of rotatable bonds is 1. The zero-order chi connectivity index (χ0) is 21.3. The second-order valence-electron chi connectivity index (χ2n) is 8.63. The molecule has 7 rings (SSSR count). The summed E-state index contributed by atoms with van der Waals surface area (Å²) in [5, 5.41) is 0. The lowest BCUT2D eigenvalue weighted by molar-refractivity contribution is 0.794. The molecule has 0 bridgehead atoms. The van der Waals surface area contributed by atoms with Crippen molar-refractivity contribution in [1.29, 1.82) is 0 Å². The predicted molar refractivity (Wildman–Crippen MR) is 141 cm³/mol. The minimum absolute atomic E-state index is 0.269. The van der Waals surface area contributed by atoms with Gasteiger partial charge in [-0.15, -0.1) is 0 Å². The molecule has 0 saturated heterocycles. The first-order valence-electron chi connectivity index (χ1n) is 11.0. The molecule has 0 amide bonds. The monoisotopic (exact) mass is 518 g/mol. The zero-order valence-corrected chi connectivity index (χ0v) is 19.5. The summed E-state index contributed by atoms with van der Waals surface area (Å²) in [6.45, 7) is 0. The Balaban J connectivity index is 1.64.